The maximum atomic E-state index is 5.86. The van der Waals surface area contributed by atoms with Gasteiger partial charge < -0.3 is 9.40 Å². The zero-order chi connectivity index (χ0) is 11.0. The summed E-state index contributed by atoms with van der Waals surface area (Å²) in [5, 5.41) is 10.7. The first-order valence-electron chi connectivity index (χ1n) is 4.50. The molecular formula is C9H6ClN5O. The second-order valence-electron chi connectivity index (χ2n) is 3.12. The van der Waals surface area contributed by atoms with Crippen LogP contribution < -0.4 is 5.32 Å². The summed E-state index contributed by atoms with van der Waals surface area (Å²) < 4.78 is 4.94. The van der Waals surface area contributed by atoms with E-state index < -0.39 is 0 Å². The van der Waals surface area contributed by atoms with Crippen LogP contribution in [0.4, 0.5) is 12.0 Å². The Labute approximate surface area is 94.7 Å². The summed E-state index contributed by atoms with van der Waals surface area (Å²) in [6.07, 6.45) is 1.24. The average Bonchev–Trinajstić information content (AvgIpc) is 2.86. The Hall–Kier alpha value is -2.08. The number of nitrogens with one attached hydrogen (secondary N) is 2. The molecule has 0 amide bonds. The summed E-state index contributed by atoms with van der Waals surface area (Å²) in [5.41, 5.74) is 1.65. The molecule has 0 aliphatic heterocycles. The van der Waals surface area contributed by atoms with Gasteiger partial charge in [0.05, 0.1) is 11.0 Å². The summed E-state index contributed by atoms with van der Waals surface area (Å²) in [4.78, 5) is 7.32. The zero-order valence-electron chi connectivity index (χ0n) is 7.94. The second-order valence-corrected chi connectivity index (χ2v) is 3.55. The predicted molar refractivity (Wildman–Crippen MR) is 58.7 cm³/mol. The number of hydrogen-bond donors (Lipinski definition) is 2. The number of aromatic nitrogens is 4. The van der Waals surface area contributed by atoms with Crippen molar-refractivity contribution in [3.8, 4) is 0 Å². The molecule has 0 fully saturated rings. The lowest BCUT2D eigenvalue weighted by Gasteiger charge is -1.92. The normalized spacial score (nSPS) is 10.8. The molecule has 0 atom stereocenters. The molecule has 0 aliphatic rings. The number of nitrogens with zero attached hydrogens (tertiary/aromatic N) is 3. The minimum Gasteiger partial charge on any atom is -0.411 e. The molecule has 0 bridgehead atoms. The summed E-state index contributed by atoms with van der Waals surface area (Å²) >= 11 is 5.86. The van der Waals surface area contributed by atoms with Crippen LogP contribution in [0, 0.1) is 0 Å². The monoisotopic (exact) mass is 235 g/mol. The second kappa shape index (κ2) is 3.49. The van der Waals surface area contributed by atoms with E-state index in [4.69, 9.17) is 16.0 Å². The maximum absolute atomic E-state index is 5.86. The van der Waals surface area contributed by atoms with Gasteiger partial charge in [0.2, 0.25) is 12.3 Å². The Kier molecular flexibility index (Phi) is 2.00. The van der Waals surface area contributed by atoms with Gasteiger partial charge in [-0.15, -0.1) is 5.10 Å². The fourth-order valence-corrected chi connectivity index (χ4v) is 1.54. The van der Waals surface area contributed by atoms with E-state index in [2.05, 4.69) is 25.5 Å². The summed E-state index contributed by atoms with van der Waals surface area (Å²) in [7, 11) is 0. The quantitative estimate of drug-likeness (QED) is 0.713. The first-order valence-corrected chi connectivity index (χ1v) is 4.87. The molecule has 0 saturated heterocycles. The molecule has 2 heterocycles. The van der Waals surface area contributed by atoms with Gasteiger partial charge >= 0.3 is 6.01 Å². The number of H-pyrrole nitrogens is 1. The van der Waals surface area contributed by atoms with Gasteiger partial charge in [-0.25, -0.2) is 4.98 Å². The van der Waals surface area contributed by atoms with E-state index in [-0.39, 0.29) is 6.01 Å². The fraction of sp³-hybridized carbons (Fsp3) is 0. The standard InChI is InChI=1S/C9H6ClN5O/c10-5-1-2-6-7(3-5)13-8(12-6)14-9-15-11-4-16-9/h1-4H,(H2,12,13,14,15). The average molecular weight is 236 g/mol. The Balaban J connectivity index is 1.99. The number of benzene rings is 1. The van der Waals surface area contributed by atoms with Crippen molar-refractivity contribution in [3.05, 3.63) is 29.6 Å². The molecule has 1 aromatic carbocycles. The molecule has 0 radical (unpaired) electrons. The van der Waals surface area contributed by atoms with Gasteiger partial charge in [-0.1, -0.05) is 16.7 Å². The third-order valence-electron chi connectivity index (χ3n) is 2.03. The molecule has 6 nitrogen and oxygen atoms in total. The van der Waals surface area contributed by atoms with Crippen LogP contribution in [0.5, 0.6) is 0 Å². The number of fused-ring (bicyclic) bond motifs is 1. The van der Waals surface area contributed by atoms with Crippen LogP contribution >= 0.6 is 11.6 Å². The van der Waals surface area contributed by atoms with Crippen molar-refractivity contribution in [2.24, 2.45) is 0 Å². The van der Waals surface area contributed by atoms with Crippen LogP contribution in [-0.2, 0) is 0 Å². The van der Waals surface area contributed by atoms with E-state index in [1.165, 1.54) is 6.39 Å². The van der Waals surface area contributed by atoms with Crippen LogP contribution in [0.25, 0.3) is 11.0 Å². The number of halogens is 1. The van der Waals surface area contributed by atoms with Crippen molar-refractivity contribution < 1.29 is 4.42 Å². The molecule has 16 heavy (non-hydrogen) atoms. The Morgan fingerprint density at radius 2 is 2.31 bits per heavy atom. The highest BCUT2D eigenvalue weighted by Crippen LogP contribution is 2.20. The van der Waals surface area contributed by atoms with Gasteiger partial charge in [-0.2, -0.15) is 0 Å². The lowest BCUT2D eigenvalue weighted by molar-refractivity contribution is 0.571. The van der Waals surface area contributed by atoms with E-state index in [1.807, 2.05) is 6.07 Å². The smallest absolute Gasteiger partial charge is 0.322 e. The van der Waals surface area contributed by atoms with Gasteiger partial charge in [0.25, 0.3) is 0 Å². The lowest BCUT2D eigenvalue weighted by atomic mass is 10.3. The van der Waals surface area contributed by atoms with Crippen LogP contribution in [0.3, 0.4) is 0 Å². The SMILES string of the molecule is Clc1ccc2nc(Nc3nnco3)[nH]c2c1. The van der Waals surface area contributed by atoms with E-state index in [9.17, 15) is 0 Å². The topological polar surface area (TPSA) is 79.6 Å². The minimum absolute atomic E-state index is 0.283. The molecule has 2 N–H and O–H groups in total. The molecule has 3 aromatic rings. The number of aromatic amines is 1. The molecule has 0 saturated carbocycles. The Bertz CT molecular complexity index is 618. The van der Waals surface area contributed by atoms with Crippen molar-refractivity contribution >= 4 is 34.6 Å². The first kappa shape index (κ1) is 9.17. The maximum Gasteiger partial charge on any atom is 0.322 e. The molecule has 0 aliphatic carbocycles. The number of rotatable bonds is 2. The number of hydrogen-bond acceptors (Lipinski definition) is 5. The first-order chi connectivity index (χ1) is 7.81. The summed E-state index contributed by atoms with van der Waals surface area (Å²) in [6, 6.07) is 5.68. The molecule has 3 rings (SSSR count). The Morgan fingerprint density at radius 1 is 1.38 bits per heavy atom. The van der Waals surface area contributed by atoms with Crippen molar-refractivity contribution in [1.82, 2.24) is 20.2 Å². The predicted octanol–water partition coefficient (Wildman–Crippen LogP) is 2.34. The van der Waals surface area contributed by atoms with Crippen LogP contribution in [0.1, 0.15) is 0 Å². The van der Waals surface area contributed by atoms with Crippen molar-refractivity contribution in [2.75, 3.05) is 5.32 Å². The van der Waals surface area contributed by atoms with Gasteiger partial charge in [0.15, 0.2) is 0 Å². The van der Waals surface area contributed by atoms with E-state index in [1.54, 1.807) is 12.1 Å². The Morgan fingerprint density at radius 3 is 3.12 bits per heavy atom. The fourth-order valence-electron chi connectivity index (χ4n) is 1.37. The van der Waals surface area contributed by atoms with E-state index in [0.29, 0.717) is 11.0 Å². The van der Waals surface area contributed by atoms with Crippen molar-refractivity contribution in [3.63, 3.8) is 0 Å². The minimum atomic E-state index is 0.283. The molecule has 80 valence electrons. The molecule has 0 spiro atoms. The van der Waals surface area contributed by atoms with Crippen LogP contribution in [-0.4, -0.2) is 20.2 Å². The van der Waals surface area contributed by atoms with Gasteiger partial charge in [0, 0.05) is 5.02 Å². The molecule has 0 unspecified atom stereocenters. The number of imidazole rings is 1. The third kappa shape index (κ3) is 1.59. The van der Waals surface area contributed by atoms with Gasteiger partial charge in [-0.05, 0) is 18.2 Å². The largest absolute Gasteiger partial charge is 0.411 e. The molecule has 7 heteroatoms. The van der Waals surface area contributed by atoms with Crippen LogP contribution in [0.2, 0.25) is 5.02 Å². The van der Waals surface area contributed by atoms with Crippen LogP contribution in [0.15, 0.2) is 29.0 Å². The summed E-state index contributed by atoms with van der Waals surface area (Å²) in [6.45, 7) is 0. The van der Waals surface area contributed by atoms with E-state index >= 15 is 0 Å². The molecular weight excluding hydrogens is 230 g/mol. The lowest BCUT2D eigenvalue weighted by Crippen LogP contribution is -1.91. The van der Waals surface area contributed by atoms with Gasteiger partial charge in [-0.3, -0.25) is 5.32 Å². The van der Waals surface area contributed by atoms with E-state index in [0.717, 1.165) is 11.0 Å². The highest BCUT2D eigenvalue weighted by molar-refractivity contribution is 6.31. The zero-order valence-corrected chi connectivity index (χ0v) is 8.69. The summed E-state index contributed by atoms with van der Waals surface area (Å²) in [5.74, 6) is 0.529. The van der Waals surface area contributed by atoms with Gasteiger partial charge in [0.1, 0.15) is 0 Å². The van der Waals surface area contributed by atoms with Crippen molar-refractivity contribution in [1.29, 1.82) is 0 Å². The third-order valence-corrected chi connectivity index (χ3v) is 2.26. The number of anilines is 2. The van der Waals surface area contributed by atoms with Crippen molar-refractivity contribution in [2.45, 2.75) is 0 Å². The molecule has 2 aromatic heterocycles. The highest BCUT2D eigenvalue weighted by atomic mass is 35.5. The highest BCUT2D eigenvalue weighted by Gasteiger charge is 2.05.